The lowest BCUT2D eigenvalue weighted by molar-refractivity contribution is -0.369. The fourth-order valence-electron chi connectivity index (χ4n) is 4.61. The first-order valence-electron chi connectivity index (χ1n) is 12.0. The van der Waals surface area contributed by atoms with Crippen LogP contribution in [0.4, 0.5) is 0 Å². The van der Waals surface area contributed by atoms with Gasteiger partial charge in [0.15, 0.2) is 18.9 Å². The quantitative estimate of drug-likeness (QED) is 0.126. The molecule has 0 unspecified atom stereocenters. The number of amides is 1. The highest BCUT2D eigenvalue weighted by molar-refractivity contribution is 5.73. The first-order valence-corrected chi connectivity index (χ1v) is 12.0. The van der Waals surface area contributed by atoms with Crippen LogP contribution in [0.25, 0.3) is 0 Å². The molecule has 222 valence electrons. The monoisotopic (exact) mass is 559 g/mol. The summed E-state index contributed by atoms with van der Waals surface area (Å²) in [5.41, 5.74) is 0. The van der Waals surface area contributed by atoms with E-state index in [0.29, 0.717) is 0 Å². The van der Waals surface area contributed by atoms with Gasteiger partial charge in [0.05, 0.1) is 19.8 Å². The van der Waals surface area contributed by atoms with Gasteiger partial charge in [-0.3, -0.25) is 4.79 Å². The van der Waals surface area contributed by atoms with E-state index in [0.717, 1.165) is 6.92 Å². The number of aliphatic hydroxyl groups is 9. The minimum atomic E-state index is -1.86. The Labute approximate surface area is 217 Å². The van der Waals surface area contributed by atoms with Crippen LogP contribution >= 0.6 is 0 Å². The summed E-state index contributed by atoms with van der Waals surface area (Å²) in [7, 11) is 1.21. The molecule has 17 nitrogen and oxygen atoms in total. The molecule has 17 heteroatoms. The second-order valence-electron chi connectivity index (χ2n) is 9.28. The minimum absolute atomic E-state index is 0.646. The zero-order valence-corrected chi connectivity index (χ0v) is 20.7. The molecule has 0 spiro atoms. The summed E-state index contributed by atoms with van der Waals surface area (Å²) in [4.78, 5) is 12.1. The van der Waals surface area contributed by atoms with Gasteiger partial charge in [-0.25, -0.2) is 0 Å². The molecule has 3 fully saturated rings. The Morgan fingerprint density at radius 3 is 1.66 bits per heavy atom. The normalized spacial score (nSPS) is 48.0. The summed E-state index contributed by atoms with van der Waals surface area (Å²) in [6, 6.07) is -1.42. The number of hydrogen-bond donors (Lipinski definition) is 10. The zero-order valence-electron chi connectivity index (χ0n) is 20.7. The molecule has 0 bridgehead atoms. The molecule has 0 aromatic rings. The summed E-state index contributed by atoms with van der Waals surface area (Å²) in [5, 5.41) is 93.5. The third-order valence-electron chi connectivity index (χ3n) is 6.71. The van der Waals surface area contributed by atoms with E-state index in [1.54, 1.807) is 0 Å². The van der Waals surface area contributed by atoms with Crippen molar-refractivity contribution in [2.24, 2.45) is 0 Å². The summed E-state index contributed by atoms with van der Waals surface area (Å²) < 4.78 is 33.1. The smallest absolute Gasteiger partial charge is 0.217 e. The maximum absolute atomic E-state index is 12.1. The molecule has 0 aliphatic carbocycles. The van der Waals surface area contributed by atoms with Crippen LogP contribution in [0.3, 0.4) is 0 Å². The molecule has 0 radical (unpaired) electrons. The predicted octanol–water partition coefficient (Wildman–Crippen LogP) is -6.78. The van der Waals surface area contributed by atoms with E-state index in [1.165, 1.54) is 7.11 Å². The molecule has 3 aliphatic rings. The second-order valence-corrected chi connectivity index (χ2v) is 9.28. The average molecular weight is 560 g/mol. The molecule has 3 rings (SSSR count). The lowest BCUT2D eigenvalue weighted by atomic mass is 9.94. The maximum Gasteiger partial charge on any atom is 0.217 e. The van der Waals surface area contributed by atoms with Gasteiger partial charge in [0.1, 0.15) is 73.2 Å². The Bertz CT molecular complexity index is 759. The van der Waals surface area contributed by atoms with Gasteiger partial charge < -0.3 is 79.7 Å². The maximum atomic E-state index is 12.1. The van der Waals surface area contributed by atoms with Crippen molar-refractivity contribution in [1.29, 1.82) is 0 Å². The van der Waals surface area contributed by atoms with Crippen LogP contribution in [0.2, 0.25) is 0 Å². The molecule has 3 saturated heterocycles. The standard InChI is InChI=1S/C21H37NO16/c1-6(26)22-10-17(37-20-16(32)14(30)11(27)7(3-23)35-20)13(29)9(5-25)34-19(10)38-18-15(31)12(28)8(4-24)36-21(18)33-2/h7-21,23-25,27-32H,3-5H2,1-2H3,(H,22,26)/t7-,8-,9-,10-,11+,12-,13-,14+,15+,16-,17-,18+,19+,20-,21-/m1/s1. The predicted molar refractivity (Wildman–Crippen MR) is 118 cm³/mol. The van der Waals surface area contributed by atoms with Crippen molar-refractivity contribution < 1.29 is 79.2 Å². The highest BCUT2D eigenvalue weighted by Crippen LogP contribution is 2.32. The summed E-state index contributed by atoms with van der Waals surface area (Å²) in [6.45, 7) is -1.06. The van der Waals surface area contributed by atoms with Crippen molar-refractivity contribution in [3.05, 3.63) is 0 Å². The number of carbonyl (C=O) groups is 1. The van der Waals surface area contributed by atoms with Crippen molar-refractivity contribution in [2.75, 3.05) is 26.9 Å². The number of hydrogen-bond acceptors (Lipinski definition) is 16. The van der Waals surface area contributed by atoms with Crippen LogP contribution in [0.1, 0.15) is 6.92 Å². The first kappa shape index (κ1) is 31.4. The fourth-order valence-corrected chi connectivity index (χ4v) is 4.61. The Hall–Kier alpha value is -1.13. The van der Waals surface area contributed by atoms with E-state index in [9.17, 15) is 50.8 Å². The van der Waals surface area contributed by atoms with E-state index in [-0.39, 0.29) is 0 Å². The largest absolute Gasteiger partial charge is 0.394 e. The van der Waals surface area contributed by atoms with Gasteiger partial charge in [-0.05, 0) is 0 Å². The summed E-state index contributed by atoms with van der Waals surface area (Å²) in [5.74, 6) is -0.659. The highest BCUT2D eigenvalue weighted by atomic mass is 16.8. The Balaban J connectivity index is 1.90. The number of aliphatic hydroxyl groups excluding tert-OH is 9. The van der Waals surface area contributed by atoms with Gasteiger partial charge >= 0.3 is 0 Å². The fraction of sp³-hybridized carbons (Fsp3) is 0.952. The lowest BCUT2D eigenvalue weighted by Gasteiger charge is -2.49. The number of rotatable bonds is 9. The molecular formula is C21H37NO16. The molecule has 1 amide bonds. The van der Waals surface area contributed by atoms with Gasteiger partial charge in [0, 0.05) is 14.0 Å². The summed E-state index contributed by atoms with van der Waals surface area (Å²) >= 11 is 0. The second kappa shape index (κ2) is 13.5. The molecule has 15 atom stereocenters. The van der Waals surface area contributed by atoms with Crippen LogP contribution in [-0.2, 0) is 33.2 Å². The molecule has 3 heterocycles. The highest BCUT2D eigenvalue weighted by Gasteiger charge is 2.54. The van der Waals surface area contributed by atoms with E-state index >= 15 is 0 Å². The van der Waals surface area contributed by atoms with Gasteiger partial charge in [0.25, 0.3) is 0 Å². The van der Waals surface area contributed by atoms with Crippen LogP contribution < -0.4 is 5.32 Å². The van der Waals surface area contributed by atoms with E-state index in [4.69, 9.17) is 28.4 Å². The molecule has 38 heavy (non-hydrogen) atoms. The van der Waals surface area contributed by atoms with Crippen molar-refractivity contribution in [1.82, 2.24) is 5.32 Å². The Kier molecular flexibility index (Phi) is 11.1. The van der Waals surface area contributed by atoms with Crippen molar-refractivity contribution >= 4 is 5.91 Å². The number of nitrogens with one attached hydrogen (secondary N) is 1. The number of ether oxygens (including phenoxy) is 6. The SMILES string of the molecule is CO[C@@H]1O[C@H](CO)[C@@H](O)[C@H](O)[C@@H]1O[C@@H]1O[C@H](CO)[C@@H](O)[C@H](O[C@H]2O[C@H](CO)[C@H](O)[C@H](O)[C@H]2O)[C@H]1NC(C)=O. The van der Waals surface area contributed by atoms with Gasteiger partial charge in [-0.1, -0.05) is 0 Å². The minimum Gasteiger partial charge on any atom is -0.394 e. The summed E-state index contributed by atoms with van der Waals surface area (Å²) in [6.07, 6.45) is -22.0. The molecular weight excluding hydrogens is 522 g/mol. The van der Waals surface area contributed by atoms with Crippen LogP contribution in [0.15, 0.2) is 0 Å². The molecule has 10 N–H and O–H groups in total. The van der Waals surface area contributed by atoms with Crippen molar-refractivity contribution in [2.45, 2.75) is 99.0 Å². The average Bonchev–Trinajstić information content (AvgIpc) is 2.89. The third-order valence-corrected chi connectivity index (χ3v) is 6.71. The molecule has 3 aliphatic heterocycles. The number of carbonyl (C=O) groups excluding carboxylic acids is 1. The third kappa shape index (κ3) is 6.43. The van der Waals surface area contributed by atoms with Gasteiger partial charge in [0.2, 0.25) is 5.91 Å². The van der Waals surface area contributed by atoms with E-state index in [2.05, 4.69) is 5.32 Å². The van der Waals surface area contributed by atoms with Crippen molar-refractivity contribution in [3.8, 4) is 0 Å². The molecule has 0 saturated carbocycles. The topological polar surface area (TPSA) is 267 Å². The molecule has 0 aromatic carbocycles. The lowest BCUT2D eigenvalue weighted by Crippen LogP contribution is -2.69. The van der Waals surface area contributed by atoms with Crippen LogP contribution in [-0.4, -0.2) is 171 Å². The zero-order chi connectivity index (χ0) is 28.3. The van der Waals surface area contributed by atoms with Crippen molar-refractivity contribution in [3.63, 3.8) is 0 Å². The first-order chi connectivity index (χ1) is 18.0. The van der Waals surface area contributed by atoms with E-state index < -0.39 is 118 Å². The molecule has 0 aromatic heterocycles. The van der Waals surface area contributed by atoms with Crippen LogP contribution in [0.5, 0.6) is 0 Å². The van der Waals surface area contributed by atoms with Gasteiger partial charge in [-0.15, -0.1) is 0 Å². The van der Waals surface area contributed by atoms with Gasteiger partial charge in [-0.2, -0.15) is 0 Å². The van der Waals surface area contributed by atoms with Crippen LogP contribution in [0, 0.1) is 0 Å². The number of methoxy groups -OCH3 is 1. The Morgan fingerprint density at radius 1 is 0.658 bits per heavy atom. The Morgan fingerprint density at radius 2 is 1.13 bits per heavy atom. The van der Waals surface area contributed by atoms with E-state index in [1.807, 2.05) is 0 Å².